The first-order chi connectivity index (χ1) is 12.2. The van der Waals surface area contributed by atoms with Crippen molar-refractivity contribution in [1.82, 2.24) is 0 Å². The predicted molar refractivity (Wildman–Crippen MR) is 99.9 cm³/mol. The van der Waals surface area contributed by atoms with Gasteiger partial charge in [0.25, 0.3) is 0 Å². The number of aryl methyl sites for hydroxylation is 1. The van der Waals surface area contributed by atoms with Gasteiger partial charge in [-0.15, -0.1) is 0 Å². The third kappa shape index (κ3) is 8.02. The highest BCUT2D eigenvalue weighted by atomic mass is 19.1. The fraction of sp³-hybridized carbons (Fsp3) is 0.682. The van der Waals surface area contributed by atoms with Crippen LogP contribution in [0.4, 0.5) is 4.39 Å². The van der Waals surface area contributed by atoms with E-state index in [-0.39, 0.29) is 17.9 Å². The summed E-state index contributed by atoms with van der Waals surface area (Å²) < 4.78 is 18.7. The van der Waals surface area contributed by atoms with Crippen LogP contribution >= 0.6 is 0 Å². The lowest BCUT2D eigenvalue weighted by molar-refractivity contribution is -0.151. The summed E-state index contributed by atoms with van der Waals surface area (Å²) in [6.45, 7) is 2.24. The molecule has 1 aliphatic rings. The van der Waals surface area contributed by atoms with Crippen molar-refractivity contribution in [2.45, 2.75) is 90.1 Å². The number of carbonyl (C=O) groups is 1. The topological polar surface area (TPSA) is 26.3 Å². The van der Waals surface area contributed by atoms with Crippen LogP contribution in [0.5, 0.6) is 0 Å². The van der Waals surface area contributed by atoms with Gasteiger partial charge in [0.1, 0.15) is 11.9 Å². The van der Waals surface area contributed by atoms with Gasteiger partial charge in [-0.05, 0) is 68.6 Å². The Morgan fingerprint density at radius 1 is 1.12 bits per heavy atom. The zero-order chi connectivity index (χ0) is 17.9. The average molecular weight is 349 g/mol. The average Bonchev–Trinajstić information content (AvgIpc) is 2.61. The van der Waals surface area contributed by atoms with Crippen LogP contribution in [0.25, 0.3) is 0 Å². The molecule has 140 valence electrons. The molecule has 0 unspecified atom stereocenters. The third-order valence-electron chi connectivity index (χ3n) is 5.29. The van der Waals surface area contributed by atoms with Crippen molar-refractivity contribution in [1.29, 1.82) is 0 Å². The van der Waals surface area contributed by atoms with Crippen molar-refractivity contribution in [2.24, 2.45) is 5.92 Å². The minimum Gasteiger partial charge on any atom is -0.462 e. The van der Waals surface area contributed by atoms with Gasteiger partial charge < -0.3 is 4.74 Å². The van der Waals surface area contributed by atoms with Crippen molar-refractivity contribution in [2.75, 3.05) is 0 Å². The molecule has 1 aromatic rings. The maximum atomic E-state index is 13.1. The monoisotopic (exact) mass is 348 g/mol. The second kappa shape index (κ2) is 11.3. The first kappa shape index (κ1) is 19.9. The molecule has 0 atom stereocenters. The van der Waals surface area contributed by atoms with Gasteiger partial charge >= 0.3 is 5.97 Å². The standard InChI is InChI=1S/C22H33FO2/c1-2-3-4-8-18-13-15-21(16-14-18)25-22(24)12-6-5-9-19-10-7-11-20(23)17-19/h7,10-11,17-18,21H,2-6,8-9,12-16H2,1H3/t18-,21-. The second-order valence-corrected chi connectivity index (χ2v) is 7.47. The van der Waals surface area contributed by atoms with Crippen LogP contribution in [0.2, 0.25) is 0 Å². The molecular formula is C22H33FO2. The Labute approximate surface area is 152 Å². The molecule has 2 nitrogen and oxygen atoms in total. The summed E-state index contributed by atoms with van der Waals surface area (Å²) in [7, 11) is 0. The molecule has 0 aliphatic heterocycles. The van der Waals surface area contributed by atoms with E-state index in [0.717, 1.165) is 43.6 Å². The van der Waals surface area contributed by atoms with E-state index in [4.69, 9.17) is 4.74 Å². The Bertz CT molecular complexity index is 507. The Kier molecular flexibility index (Phi) is 8.99. The molecule has 2 rings (SSSR count). The van der Waals surface area contributed by atoms with Gasteiger partial charge in [-0.2, -0.15) is 0 Å². The summed E-state index contributed by atoms with van der Waals surface area (Å²) in [6, 6.07) is 6.69. The number of hydrogen-bond donors (Lipinski definition) is 0. The minimum absolute atomic E-state index is 0.0614. The molecule has 0 aromatic heterocycles. The van der Waals surface area contributed by atoms with E-state index in [1.54, 1.807) is 12.1 Å². The van der Waals surface area contributed by atoms with Gasteiger partial charge in [-0.1, -0.05) is 44.7 Å². The molecule has 0 heterocycles. The molecule has 0 spiro atoms. The number of halogens is 1. The summed E-state index contributed by atoms with van der Waals surface area (Å²) in [5.74, 6) is 0.587. The first-order valence-corrected chi connectivity index (χ1v) is 10.1. The molecule has 25 heavy (non-hydrogen) atoms. The fourth-order valence-corrected chi connectivity index (χ4v) is 3.76. The van der Waals surface area contributed by atoms with Crippen LogP contribution in [-0.4, -0.2) is 12.1 Å². The number of rotatable bonds is 10. The van der Waals surface area contributed by atoms with Gasteiger partial charge in [0.2, 0.25) is 0 Å². The van der Waals surface area contributed by atoms with E-state index in [2.05, 4.69) is 6.92 Å². The predicted octanol–water partition coefficient (Wildman–Crippen LogP) is 6.22. The van der Waals surface area contributed by atoms with Crippen LogP contribution < -0.4 is 0 Å². The summed E-state index contributed by atoms with van der Waals surface area (Å²) >= 11 is 0. The number of esters is 1. The molecule has 0 bridgehead atoms. The van der Waals surface area contributed by atoms with Gasteiger partial charge in [-0.25, -0.2) is 4.39 Å². The van der Waals surface area contributed by atoms with Crippen molar-refractivity contribution >= 4 is 5.97 Å². The molecular weight excluding hydrogens is 315 g/mol. The molecule has 1 aliphatic carbocycles. The second-order valence-electron chi connectivity index (χ2n) is 7.47. The van der Waals surface area contributed by atoms with E-state index in [1.165, 1.54) is 44.6 Å². The molecule has 0 amide bonds. The lowest BCUT2D eigenvalue weighted by Gasteiger charge is -2.28. The largest absolute Gasteiger partial charge is 0.462 e. The minimum atomic E-state index is -0.192. The Morgan fingerprint density at radius 2 is 1.92 bits per heavy atom. The van der Waals surface area contributed by atoms with Gasteiger partial charge in [0, 0.05) is 6.42 Å². The van der Waals surface area contributed by atoms with Gasteiger partial charge in [0.15, 0.2) is 0 Å². The molecule has 1 fully saturated rings. The zero-order valence-corrected chi connectivity index (χ0v) is 15.6. The Morgan fingerprint density at radius 3 is 2.64 bits per heavy atom. The Hall–Kier alpha value is -1.38. The number of ether oxygens (including phenoxy) is 1. The highest BCUT2D eigenvalue weighted by Crippen LogP contribution is 2.30. The molecule has 0 radical (unpaired) electrons. The van der Waals surface area contributed by atoms with Crippen molar-refractivity contribution < 1.29 is 13.9 Å². The van der Waals surface area contributed by atoms with E-state index < -0.39 is 0 Å². The summed E-state index contributed by atoms with van der Waals surface area (Å²) in [4.78, 5) is 12.0. The molecule has 1 saturated carbocycles. The lowest BCUT2D eigenvalue weighted by Crippen LogP contribution is -2.24. The smallest absolute Gasteiger partial charge is 0.306 e. The maximum Gasteiger partial charge on any atom is 0.306 e. The van der Waals surface area contributed by atoms with E-state index in [1.807, 2.05) is 6.07 Å². The van der Waals surface area contributed by atoms with Crippen LogP contribution in [0.1, 0.15) is 83.1 Å². The van der Waals surface area contributed by atoms with Gasteiger partial charge in [-0.3, -0.25) is 4.79 Å². The lowest BCUT2D eigenvalue weighted by atomic mass is 9.84. The SMILES string of the molecule is CCCCC[C@H]1CC[C@H](OC(=O)CCCCc2cccc(F)c2)CC1. The number of unbranched alkanes of at least 4 members (excludes halogenated alkanes) is 3. The van der Waals surface area contributed by atoms with Crippen molar-refractivity contribution in [3.8, 4) is 0 Å². The Balaban J connectivity index is 1.54. The van der Waals surface area contributed by atoms with Crippen LogP contribution in [0.15, 0.2) is 24.3 Å². The van der Waals surface area contributed by atoms with E-state index >= 15 is 0 Å². The van der Waals surface area contributed by atoms with Crippen molar-refractivity contribution in [3.05, 3.63) is 35.6 Å². The number of benzene rings is 1. The van der Waals surface area contributed by atoms with E-state index in [9.17, 15) is 9.18 Å². The zero-order valence-electron chi connectivity index (χ0n) is 15.6. The maximum absolute atomic E-state index is 13.1. The van der Waals surface area contributed by atoms with Crippen molar-refractivity contribution in [3.63, 3.8) is 0 Å². The number of carbonyl (C=O) groups excluding carboxylic acids is 1. The molecule has 0 saturated heterocycles. The fourth-order valence-electron chi connectivity index (χ4n) is 3.76. The van der Waals surface area contributed by atoms with Crippen LogP contribution in [0.3, 0.4) is 0 Å². The third-order valence-corrected chi connectivity index (χ3v) is 5.29. The van der Waals surface area contributed by atoms with Crippen LogP contribution in [-0.2, 0) is 16.0 Å². The van der Waals surface area contributed by atoms with E-state index in [0.29, 0.717) is 6.42 Å². The normalized spacial score (nSPS) is 20.4. The molecule has 0 N–H and O–H groups in total. The highest BCUT2D eigenvalue weighted by molar-refractivity contribution is 5.69. The summed E-state index contributed by atoms with van der Waals surface area (Å²) in [6.07, 6.45) is 12.9. The van der Waals surface area contributed by atoms with Crippen LogP contribution in [0, 0.1) is 11.7 Å². The first-order valence-electron chi connectivity index (χ1n) is 10.1. The highest BCUT2D eigenvalue weighted by Gasteiger charge is 2.23. The van der Waals surface area contributed by atoms with Gasteiger partial charge in [0.05, 0.1) is 0 Å². The molecule has 3 heteroatoms. The molecule has 1 aromatic carbocycles. The number of hydrogen-bond acceptors (Lipinski definition) is 2. The quantitative estimate of drug-likeness (QED) is 0.370. The summed E-state index contributed by atoms with van der Waals surface area (Å²) in [5.41, 5.74) is 0.995. The summed E-state index contributed by atoms with van der Waals surface area (Å²) in [5, 5.41) is 0.